The summed E-state index contributed by atoms with van der Waals surface area (Å²) in [5.41, 5.74) is 2.68. The first-order chi connectivity index (χ1) is 15.4. The Labute approximate surface area is 190 Å². The molecule has 0 amide bonds. The first kappa shape index (κ1) is 24.1. The number of aryl methyl sites for hydroxylation is 1. The predicted molar refractivity (Wildman–Crippen MR) is 127 cm³/mol. The SMILES string of the molecule is CCCCNS(=O)(=O)c1ccc2c(c1)nc(Cc1ccc(OC)c(OC)c1)n2CCCC. The molecule has 1 aromatic heterocycles. The summed E-state index contributed by atoms with van der Waals surface area (Å²) in [4.78, 5) is 5.08. The van der Waals surface area contributed by atoms with E-state index >= 15 is 0 Å². The minimum Gasteiger partial charge on any atom is -0.493 e. The third kappa shape index (κ3) is 5.42. The van der Waals surface area contributed by atoms with E-state index in [0.717, 1.165) is 49.1 Å². The number of sulfonamides is 1. The van der Waals surface area contributed by atoms with Crippen molar-refractivity contribution in [1.29, 1.82) is 0 Å². The zero-order chi connectivity index (χ0) is 23.1. The fourth-order valence-corrected chi connectivity index (χ4v) is 4.76. The fraction of sp³-hybridized carbons (Fsp3) is 0.458. The van der Waals surface area contributed by atoms with Gasteiger partial charge in [0.15, 0.2) is 11.5 Å². The highest BCUT2D eigenvalue weighted by atomic mass is 32.2. The standard InChI is InChI=1S/C24H33N3O4S/c1-5-7-13-25-32(28,29)19-10-11-21-20(17-19)26-24(27(21)14-8-6-2)16-18-9-12-22(30-3)23(15-18)31-4/h9-12,15,17,25H,5-8,13-14,16H2,1-4H3. The molecular formula is C24H33N3O4S. The molecule has 0 radical (unpaired) electrons. The summed E-state index contributed by atoms with van der Waals surface area (Å²) < 4.78 is 41.0. The summed E-state index contributed by atoms with van der Waals surface area (Å²) >= 11 is 0. The number of benzene rings is 2. The van der Waals surface area contributed by atoms with Crippen molar-refractivity contribution in [2.24, 2.45) is 0 Å². The molecule has 0 aliphatic carbocycles. The molecule has 174 valence electrons. The van der Waals surface area contributed by atoms with Gasteiger partial charge in [0, 0.05) is 19.5 Å². The predicted octanol–water partition coefficient (Wildman–Crippen LogP) is 4.52. The number of fused-ring (bicyclic) bond motifs is 1. The van der Waals surface area contributed by atoms with Crippen LogP contribution in [-0.2, 0) is 23.0 Å². The van der Waals surface area contributed by atoms with Crippen LogP contribution in [-0.4, -0.2) is 38.7 Å². The lowest BCUT2D eigenvalue weighted by atomic mass is 10.1. The van der Waals surface area contributed by atoms with Crippen LogP contribution in [0.25, 0.3) is 11.0 Å². The molecule has 0 fully saturated rings. The van der Waals surface area contributed by atoms with Gasteiger partial charge in [0.25, 0.3) is 0 Å². The Hall–Kier alpha value is -2.58. The molecule has 0 saturated carbocycles. The topological polar surface area (TPSA) is 82.5 Å². The van der Waals surface area contributed by atoms with Crippen molar-refractivity contribution in [3.8, 4) is 11.5 Å². The van der Waals surface area contributed by atoms with E-state index < -0.39 is 10.0 Å². The van der Waals surface area contributed by atoms with Gasteiger partial charge in [0.05, 0.1) is 30.1 Å². The second-order valence-electron chi connectivity index (χ2n) is 7.80. The van der Waals surface area contributed by atoms with Gasteiger partial charge in [0.1, 0.15) is 5.82 Å². The summed E-state index contributed by atoms with van der Waals surface area (Å²) in [5.74, 6) is 2.25. The highest BCUT2D eigenvalue weighted by Gasteiger charge is 2.18. The summed E-state index contributed by atoms with van der Waals surface area (Å²) in [6, 6.07) is 11.0. The highest BCUT2D eigenvalue weighted by molar-refractivity contribution is 7.89. The lowest BCUT2D eigenvalue weighted by Crippen LogP contribution is -2.24. The second-order valence-corrected chi connectivity index (χ2v) is 9.57. The second kappa shape index (κ2) is 10.8. The molecule has 0 saturated heterocycles. The quantitative estimate of drug-likeness (QED) is 0.403. The van der Waals surface area contributed by atoms with Crippen LogP contribution in [0.3, 0.4) is 0 Å². The van der Waals surface area contributed by atoms with Crippen LogP contribution in [0, 0.1) is 0 Å². The summed E-state index contributed by atoms with van der Waals surface area (Å²) in [7, 11) is -0.315. The van der Waals surface area contributed by atoms with E-state index in [1.807, 2.05) is 31.2 Å². The Bertz CT molecular complexity index is 1160. The van der Waals surface area contributed by atoms with Crippen LogP contribution < -0.4 is 14.2 Å². The average molecular weight is 460 g/mol. The highest BCUT2D eigenvalue weighted by Crippen LogP contribution is 2.29. The number of unbranched alkanes of at least 4 members (excludes halogenated alkanes) is 2. The van der Waals surface area contributed by atoms with Crippen LogP contribution >= 0.6 is 0 Å². The Balaban J connectivity index is 1.98. The van der Waals surface area contributed by atoms with Crippen LogP contribution in [0.5, 0.6) is 11.5 Å². The van der Waals surface area contributed by atoms with E-state index in [4.69, 9.17) is 14.5 Å². The first-order valence-electron chi connectivity index (χ1n) is 11.1. The molecular weight excluding hydrogens is 426 g/mol. The Kier molecular flexibility index (Phi) is 8.15. The van der Waals surface area contributed by atoms with E-state index in [-0.39, 0.29) is 4.90 Å². The smallest absolute Gasteiger partial charge is 0.240 e. The normalized spacial score (nSPS) is 11.8. The molecule has 0 unspecified atom stereocenters. The van der Waals surface area contributed by atoms with Gasteiger partial charge in [-0.1, -0.05) is 32.8 Å². The van der Waals surface area contributed by atoms with Crippen LogP contribution in [0.2, 0.25) is 0 Å². The molecule has 0 spiro atoms. The number of methoxy groups -OCH3 is 2. The third-order valence-electron chi connectivity index (χ3n) is 5.48. The van der Waals surface area contributed by atoms with E-state index in [1.54, 1.807) is 26.4 Å². The van der Waals surface area contributed by atoms with E-state index in [1.165, 1.54) is 0 Å². The maximum absolute atomic E-state index is 12.7. The van der Waals surface area contributed by atoms with Gasteiger partial charge < -0.3 is 14.0 Å². The largest absolute Gasteiger partial charge is 0.493 e. The van der Waals surface area contributed by atoms with Gasteiger partial charge in [-0.15, -0.1) is 0 Å². The zero-order valence-corrected chi connectivity index (χ0v) is 20.2. The number of imidazole rings is 1. The van der Waals surface area contributed by atoms with Gasteiger partial charge in [-0.3, -0.25) is 0 Å². The van der Waals surface area contributed by atoms with Crippen molar-refractivity contribution < 1.29 is 17.9 Å². The van der Waals surface area contributed by atoms with Gasteiger partial charge in [-0.25, -0.2) is 18.1 Å². The van der Waals surface area contributed by atoms with Gasteiger partial charge >= 0.3 is 0 Å². The van der Waals surface area contributed by atoms with E-state index in [9.17, 15) is 8.42 Å². The maximum atomic E-state index is 12.7. The van der Waals surface area contributed by atoms with Crippen LogP contribution in [0.1, 0.15) is 50.9 Å². The Morgan fingerprint density at radius 3 is 2.41 bits per heavy atom. The molecule has 8 heteroatoms. The fourth-order valence-electron chi connectivity index (χ4n) is 3.67. The van der Waals surface area contributed by atoms with Crippen molar-refractivity contribution in [2.75, 3.05) is 20.8 Å². The van der Waals surface area contributed by atoms with Crippen LogP contribution in [0.15, 0.2) is 41.3 Å². The number of hydrogen-bond acceptors (Lipinski definition) is 5. The molecule has 0 atom stereocenters. The van der Waals surface area contributed by atoms with Crippen molar-refractivity contribution in [1.82, 2.24) is 14.3 Å². The van der Waals surface area contributed by atoms with Crippen molar-refractivity contribution >= 4 is 21.1 Å². The molecule has 32 heavy (non-hydrogen) atoms. The lowest BCUT2D eigenvalue weighted by Gasteiger charge is -2.11. The summed E-state index contributed by atoms with van der Waals surface area (Å²) in [6.45, 7) is 5.45. The molecule has 7 nitrogen and oxygen atoms in total. The Morgan fingerprint density at radius 2 is 1.72 bits per heavy atom. The lowest BCUT2D eigenvalue weighted by molar-refractivity contribution is 0.354. The molecule has 1 N–H and O–H groups in total. The number of nitrogens with one attached hydrogen (secondary N) is 1. The van der Waals surface area contributed by atoms with Crippen molar-refractivity contribution in [3.05, 3.63) is 47.8 Å². The molecule has 0 aliphatic rings. The van der Waals surface area contributed by atoms with E-state index in [0.29, 0.717) is 30.0 Å². The molecule has 0 bridgehead atoms. The molecule has 3 rings (SSSR count). The monoisotopic (exact) mass is 459 g/mol. The maximum Gasteiger partial charge on any atom is 0.240 e. The number of aromatic nitrogens is 2. The number of rotatable bonds is 12. The van der Waals surface area contributed by atoms with Gasteiger partial charge in [0.2, 0.25) is 10.0 Å². The molecule has 3 aromatic rings. The van der Waals surface area contributed by atoms with Gasteiger partial charge in [-0.05, 0) is 48.7 Å². The molecule has 2 aromatic carbocycles. The molecule has 1 heterocycles. The van der Waals surface area contributed by atoms with Crippen LogP contribution in [0.4, 0.5) is 0 Å². The average Bonchev–Trinajstić information content (AvgIpc) is 3.13. The molecule has 0 aliphatic heterocycles. The van der Waals surface area contributed by atoms with Crippen molar-refractivity contribution in [2.45, 2.75) is 57.4 Å². The minimum absolute atomic E-state index is 0.249. The minimum atomic E-state index is -3.55. The summed E-state index contributed by atoms with van der Waals surface area (Å²) in [6.07, 6.45) is 4.42. The van der Waals surface area contributed by atoms with Gasteiger partial charge in [-0.2, -0.15) is 0 Å². The third-order valence-corrected chi connectivity index (χ3v) is 6.94. The number of nitrogens with zero attached hydrogens (tertiary/aromatic N) is 2. The Morgan fingerprint density at radius 1 is 0.969 bits per heavy atom. The summed E-state index contributed by atoms with van der Waals surface area (Å²) in [5, 5.41) is 0. The zero-order valence-electron chi connectivity index (χ0n) is 19.3. The number of hydrogen-bond donors (Lipinski definition) is 1. The van der Waals surface area contributed by atoms with Crippen molar-refractivity contribution in [3.63, 3.8) is 0 Å². The first-order valence-corrected chi connectivity index (χ1v) is 12.6. The van der Waals surface area contributed by atoms with E-state index in [2.05, 4.69) is 16.2 Å². The number of ether oxygens (including phenoxy) is 2.